The number of rotatable bonds is 3. The van der Waals surface area contributed by atoms with Crippen molar-refractivity contribution in [2.24, 2.45) is 10.4 Å². The molecule has 1 aliphatic heterocycles. The van der Waals surface area contributed by atoms with E-state index in [2.05, 4.69) is 58.7 Å². The number of aliphatic imine (C=N–C) groups is 1. The molecule has 1 heterocycles. The highest BCUT2D eigenvalue weighted by molar-refractivity contribution is 5.80. The maximum absolute atomic E-state index is 6.09. The zero-order valence-corrected chi connectivity index (χ0v) is 15.1. The lowest BCUT2D eigenvalue weighted by atomic mass is 9.97. The maximum atomic E-state index is 6.09. The zero-order valence-electron chi connectivity index (χ0n) is 15.1. The SMILES string of the molecule is CCNC(=NCC(C)(C)C)N1CCC(OC(C)(C)C)CC1. The van der Waals surface area contributed by atoms with Gasteiger partial charge < -0.3 is 15.0 Å². The van der Waals surface area contributed by atoms with Crippen molar-refractivity contribution in [3.8, 4) is 0 Å². The van der Waals surface area contributed by atoms with Crippen LogP contribution in [0.2, 0.25) is 0 Å². The summed E-state index contributed by atoms with van der Waals surface area (Å²) in [6.07, 6.45) is 2.54. The molecule has 1 rings (SSSR count). The number of likely N-dealkylation sites (tertiary alicyclic amines) is 1. The van der Waals surface area contributed by atoms with Crippen molar-refractivity contribution >= 4 is 5.96 Å². The Morgan fingerprint density at radius 3 is 2.14 bits per heavy atom. The Hall–Kier alpha value is -0.770. The molecular weight excluding hydrogens is 262 g/mol. The average molecular weight is 297 g/mol. The lowest BCUT2D eigenvalue weighted by Crippen LogP contribution is -2.48. The second-order valence-corrected chi connectivity index (χ2v) is 8.15. The summed E-state index contributed by atoms with van der Waals surface area (Å²) < 4.78 is 6.09. The van der Waals surface area contributed by atoms with E-state index >= 15 is 0 Å². The molecule has 4 heteroatoms. The van der Waals surface area contributed by atoms with Crippen LogP contribution in [-0.4, -0.2) is 48.7 Å². The molecule has 0 bridgehead atoms. The van der Waals surface area contributed by atoms with E-state index in [4.69, 9.17) is 9.73 Å². The van der Waals surface area contributed by atoms with E-state index in [1.807, 2.05) is 0 Å². The predicted octanol–water partition coefficient (Wildman–Crippen LogP) is 3.28. The summed E-state index contributed by atoms with van der Waals surface area (Å²) in [5, 5.41) is 3.42. The third-order valence-corrected chi connectivity index (χ3v) is 3.30. The highest BCUT2D eigenvalue weighted by atomic mass is 16.5. The molecule has 4 nitrogen and oxygen atoms in total. The fraction of sp³-hybridized carbons (Fsp3) is 0.941. The summed E-state index contributed by atoms with van der Waals surface area (Å²) in [7, 11) is 0. The van der Waals surface area contributed by atoms with Gasteiger partial charge in [0.15, 0.2) is 5.96 Å². The molecule has 0 atom stereocenters. The standard InChI is InChI=1S/C17H35N3O/c1-8-18-15(19-13-16(2,3)4)20-11-9-14(10-12-20)21-17(5,6)7/h14H,8-13H2,1-7H3,(H,18,19). The van der Waals surface area contributed by atoms with Crippen LogP contribution >= 0.6 is 0 Å². The summed E-state index contributed by atoms with van der Waals surface area (Å²) >= 11 is 0. The van der Waals surface area contributed by atoms with Gasteiger partial charge >= 0.3 is 0 Å². The molecule has 0 spiro atoms. The number of hydrogen-bond donors (Lipinski definition) is 1. The molecule has 0 aromatic rings. The summed E-state index contributed by atoms with van der Waals surface area (Å²) in [6.45, 7) is 19.0. The number of guanidine groups is 1. The first-order valence-electron chi connectivity index (χ1n) is 8.32. The number of nitrogens with one attached hydrogen (secondary N) is 1. The van der Waals surface area contributed by atoms with E-state index in [1.54, 1.807) is 0 Å². The molecule has 1 N–H and O–H groups in total. The van der Waals surface area contributed by atoms with Crippen LogP contribution < -0.4 is 5.32 Å². The summed E-state index contributed by atoms with van der Waals surface area (Å²) in [5.41, 5.74) is 0.187. The molecular formula is C17H35N3O. The van der Waals surface area contributed by atoms with Gasteiger partial charge in [-0.2, -0.15) is 0 Å². The van der Waals surface area contributed by atoms with Gasteiger partial charge in [-0.25, -0.2) is 0 Å². The quantitative estimate of drug-likeness (QED) is 0.641. The van der Waals surface area contributed by atoms with Crippen molar-refractivity contribution in [2.75, 3.05) is 26.2 Å². The van der Waals surface area contributed by atoms with Gasteiger partial charge in [0.2, 0.25) is 0 Å². The fourth-order valence-electron chi connectivity index (χ4n) is 2.42. The fourth-order valence-corrected chi connectivity index (χ4v) is 2.42. The van der Waals surface area contributed by atoms with Crippen LogP contribution in [0.4, 0.5) is 0 Å². The lowest BCUT2D eigenvalue weighted by Gasteiger charge is -2.37. The Bertz CT molecular complexity index is 331. The van der Waals surface area contributed by atoms with Crippen LogP contribution in [-0.2, 0) is 4.74 Å². The largest absolute Gasteiger partial charge is 0.372 e. The number of hydrogen-bond acceptors (Lipinski definition) is 2. The summed E-state index contributed by atoms with van der Waals surface area (Å²) in [6, 6.07) is 0. The van der Waals surface area contributed by atoms with E-state index in [1.165, 1.54) is 0 Å². The first-order valence-corrected chi connectivity index (χ1v) is 8.32. The van der Waals surface area contributed by atoms with Gasteiger partial charge in [0.1, 0.15) is 0 Å². The normalized spacial score (nSPS) is 19.0. The highest BCUT2D eigenvalue weighted by Gasteiger charge is 2.25. The summed E-state index contributed by atoms with van der Waals surface area (Å²) in [4.78, 5) is 7.17. The third-order valence-electron chi connectivity index (χ3n) is 3.30. The molecule has 0 amide bonds. The van der Waals surface area contributed by atoms with E-state index in [9.17, 15) is 0 Å². The Kier molecular flexibility index (Phi) is 6.51. The Morgan fingerprint density at radius 2 is 1.71 bits per heavy atom. The Morgan fingerprint density at radius 1 is 1.14 bits per heavy atom. The predicted molar refractivity (Wildman–Crippen MR) is 90.9 cm³/mol. The minimum absolute atomic E-state index is 0.0440. The average Bonchev–Trinajstić information content (AvgIpc) is 2.32. The number of piperidine rings is 1. The smallest absolute Gasteiger partial charge is 0.193 e. The minimum Gasteiger partial charge on any atom is -0.372 e. The van der Waals surface area contributed by atoms with E-state index < -0.39 is 0 Å². The minimum atomic E-state index is -0.0440. The molecule has 1 aliphatic rings. The molecule has 0 unspecified atom stereocenters. The molecule has 0 aliphatic carbocycles. The van der Waals surface area contributed by atoms with Crippen molar-refractivity contribution in [2.45, 2.75) is 73.0 Å². The topological polar surface area (TPSA) is 36.9 Å². The van der Waals surface area contributed by atoms with Crippen LogP contribution in [0.5, 0.6) is 0 Å². The van der Waals surface area contributed by atoms with Crippen molar-refractivity contribution in [3.63, 3.8) is 0 Å². The van der Waals surface area contributed by atoms with Crippen LogP contribution in [0.15, 0.2) is 4.99 Å². The van der Waals surface area contributed by atoms with Crippen LogP contribution in [0.25, 0.3) is 0 Å². The second kappa shape index (κ2) is 7.48. The van der Waals surface area contributed by atoms with Gasteiger partial charge in [-0.1, -0.05) is 20.8 Å². The van der Waals surface area contributed by atoms with Gasteiger partial charge in [0.25, 0.3) is 0 Å². The molecule has 1 saturated heterocycles. The van der Waals surface area contributed by atoms with Crippen molar-refractivity contribution in [3.05, 3.63) is 0 Å². The van der Waals surface area contributed by atoms with Crippen molar-refractivity contribution in [1.82, 2.24) is 10.2 Å². The van der Waals surface area contributed by atoms with Crippen LogP contribution in [0.3, 0.4) is 0 Å². The molecule has 0 aromatic carbocycles. The molecule has 0 radical (unpaired) electrons. The van der Waals surface area contributed by atoms with Gasteiger partial charge in [-0.15, -0.1) is 0 Å². The van der Waals surface area contributed by atoms with E-state index in [0.717, 1.165) is 45.0 Å². The van der Waals surface area contributed by atoms with Gasteiger partial charge in [-0.05, 0) is 46.0 Å². The van der Waals surface area contributed by atoms with Crippen molar-refractivity contribution < 1.29 is 4.74 Å². The van der Waals surface area contributed by atoms with E-state index in [0.29, 0.717) is 6.10 Å². The van der Waals surface area contributed by atoms with Crippen molar-refractivity contribution in [1.29, 1.82) is 0 Å². The molecule has 124 valence electrons. The van der Waals surface area contributed by atoms with Gasteiger partial charge in [0, 0.05) is 26.2 Å². The maximum Gasteiger partial charge on any atom is 0.193 e. The van der Waals surface area contributed by atoms with Gasteiger partial charge in [-0.3, -0.25) is 4.99 Å². The molecule has 0 saturated carbocycles. The Balaban J connectivity index is 2.55. The number of nitrogens with zero attached hydrogens (tertiary/aromatic N) is 2. The monoisotopic (exact) mass is 297 g/mol. The number of ether oxygens (including phenoxy) is 1. The molecule has 0 aromatic heterocycles. The zero-order chi connectivity index (χ0) is 16.1. The highest BCUT2D eigenvalue weighted by Crippen LogP contribution is 2.20. The van der Waals surface area contributed by atoms with E-state index in [-0.39, 0.29) is 11.0 Å². The summed E-state index contributed by atoms with van der Waals surface area (Å²) in [5.74, 6) is 1.06. The molecule has 21 heavy (non-hydrogen) atoms. The van der Waals surface area contributed by atoms with Crippen LogP contribution in [0, 0.1) is 5.41 Å². The van der Waals surface area contributed by atoms with Crippen LogP contribution in [0.1, 0.15) is 61.3 Å². The second-order valence-electron chi connectivity index (χ2n) is 8.15. The first kappa shape index (κ1) is 18.3. The first-order chi connectivity index (χ1) is 9.61. The molecule has 1 fully saturated rings. The van der Waals surface area contributed by atoms with Gasteiger partial charge in [0.05, 0.1) is 11.7 Å². The Labute approximate surface area is 131 Å². The third kappa shape index (κ3) is 7.70. The lowest BCUT2D eigenvalue weighted by molar-refractivity contribution is -0.0772.